The zero-order valence-electron chi connectivity index (χ0n) is 11.7. The Morgan fingerprint density at radius 3 is 2.90 bits per heavy atom. The highest BCUT2D eigenvalue weighted by molar-refractivity contribution is 5.94. The summed E-state index contributed by atoms with van der Waals surface area (Å²) in [7, 11) is 0. The average Bonchev–Trinajstić information content (AvgIpc) is 2.95. The Kier molecular flexibility index (Phi) is 4.30. The molecule has 0 bridgehead atoms. The lowest BCUT2D eigenvalue weighted by Gasteiger charge is -2.27. The van der Waals surface area contributed by atoms with E-state index in [0.717, 1.165) is 43.9 Å². The van der Waals surface area contributed by atoms with Crippen molar-refractivity contribution in [3.63, 3.8) is 0 Å². The van der Waals surface area contributed by atoms with Gasteiger partial charge in [0.2, 0.25) is 0 Å². The van der Waals surface area contributed by atoms with Crippen LogP contribution in [0.25, 0.3) is 0 Å². The van der Waals surface area contributed by atoms with Gasteiger partial charge in [-0.05, 0) is 23.3 Å². The van der Waals surface area contributed by atoms with E-state index in [9.17, 15) is 4.79 Å². The van der Waals surface area contributed by atoms with Gasteiger partial charge in [-0.15, -0.1) is 0 Å². The Hall–Kier alpha value is -1.43. The number of carbonyl (C=O) groups is 1. The van der Waals surface area contributed by atoms with Crippen molar-refractivity contribution in [1.29, 1.82) is 0 Å². The number of carbonyl (C=O) groups excluding carboxylic acids is 1. The third-order valence-electron chi connectivity index (χ3n) is 3.91. The number of benzene rings is 1. The molecule has 1 aromatic rings. The van der Waals surface area contributed by atoms with Gasteiger partial charge in [0.15, 0.2) is 0 Å². The van der Waals surface area contributed by atoms with Crippen LogP contribution in [0.3, 0.4) is 0 Å². The van der Waals surface area contributed by atoms with E-state index in [2.05, 4.69) is 15.5 Å². The highest BCUT2D eigenvalue weighted by Gasteiger charge is 2.14. The van der Waals surface area contributed by atoms with E-state index in [-0.39, 0.29) is 5.91 Å². The van der Waals surface area contributed by atoms with Gasteiger partial charge < -0.3 is 15.4 Å². The van der Waals surface area contributed by atoms with E-state index in [1.54, 1.807) is 0 Å². The average molecular weight is 275 g/mol. The summed E-state index contributed by atoms with van der Waals surface area (Å²) in [6.45, 7) is 7.11. The monoisotopic (exact) mass is 275 g/mol. The summed E-state index contributed by atoms with van der Waals surface area (Å²) >= 11 is 0. The largest absolute Gasteiger partial charge is 0.372 e. The first-order chi connectivity index (χ1) is 9.83. The molecule has 2 heterocycles. The summed E-state index contributed by atoms with van der Waals surface area (Å²) in [5, 5.41) is 6.32. The van der Waals surface area contributed by atoms with Crippen molar-refractivity contribution in [2.75, 3.05) is 39.3 Å². The summed E-state index contributed by atoms with van der Waals surface area (Å²) in [6, 6.07) is 5.82. The van der Waals surface area contributed by atoms with Gasteiger partial charge in [-0.2, -0.15) is 0 Å². The molecule has 0 atom stereocenters. The van der Waals surface area contributed by atoms with Gasteiger partial charge in [0.05, 0.1) is 13.2 Å². The lowest BCUT2D eigenvalue weighted by atomic mass is 10.1. The van der Waals surface area contributed by atoms with Crippen molar-refractivity contribution < 1.29 is 9.53 Å². The number of amides is 1. The van der Waals surface area contributed by atoms with Crippen LogP contribution < -0.4 is 10.6 Å². The molecule has 1 saturated heterocycles. The second kappa shape index (κ2) is 6.35. The molecule has 2 aliphatic rings. The summed E-state index contributed by atoms with van der Waals surface area (Å²) in [4.78, 5) is 14.5. The van der Waals surface area contributed by atoms with Gasteiger partial charge in [-0.25, -0.2) is 0 Å². The molecule has 0 aromatic heterocycles. The van der Waals surface area contributed by atoms with E-state index in [4.69, 9.17) is 4.74 Å². The maximum atomic E-state index is 12.1. The molecule has 1 aromatic carbocycles. The minimum Gasteiger partial charge on any atom is -0.372 e. The Balaban J connectivity index is 1.49. The van der Waals surface area contributed by atoms with Gasteiger partial charge in [-0.3, -0.25) is 9.69 Å². The molecular formula is C15H21N3O2. The van der Waals surface area contributed by atoms with Crippen LogP contribution in [0.4, 0.5) is 0 Å². The van der Waals surface area contributed by atoms with E-state index >= 15 is 0 Å². The Bertz CT molecular complexity index is 484. The van der Waals surface area contributed by atoms with Crippen molar-refractivity contribution >= 4 is 5.91 Å². The molecule has 0 saturated carbocycles. The maximum absolute atomic E-state index is 12.1. The quantitative estimate of drug-likeness (QED) is 0.833. The smallest absolute Gasteiger partial charge is 0.251 e. The summed E-state index contributed by atoms with van der Waals surface area (Å²) in [6.07, 6.45) is 0. The minimum absolute atomic E-state index is 0.00911. The second-order valence-electron chi connectivity index (χ2n) is 5.32. The molecule has 5 heteroatoms. The maximum Gasteiger partial charge on any atom is 0.251 e. The van der Waals surface area contributed by atoms with Crippen LogP contribution in [0.2, 0.25) is 0 Å². The van der Waals surface area contributed by atoms with Crippen LogP contribution in [0.1, 0.15) is 21.5 Å². The molecular weight excluding hydrogens is 254 g/mol. The highest BCUT2D eigenvalue weighted by atomic mass is 16.5. The molecule has 0 radical (unpaired) electrons. The molecule has 3 rings (SSSR count). The fourth-order valence-electron chi connectivity index (χ4n) is 2.68. The highest BCUT2D eigenvalue weighted by Crippen LogP contribution is 2.20. The number of piperazine rings is 1. The standard InChI is InChI=1S/C15H21N3O2/c19-15(17-5-8-18-6-3-16-4-7-18)12-1-2-13-10-20-11-14(13)9-12/h1-2,9,16H,3-8,10-11H2,(H,17,19). The van der Waals surface area contributed by atoms with Crippen LogP contribution in [0.5, 0.6) is 0 Å². The van der Waals surface area contributed by atoms with Crippen LogP contribution in [-0.4, -0.2) is 50.1 Å². The van der Waals surface area contributed by atoms with E-state index in [0.29, 0.717) is 19.8 Å². The fraction of sp³-hybridized carbons (Fsp3) is 0.533. The molecule has 0 unspecified atom stereocenters. The van der Waals surface area contributed by atoms with Crippen LogP contribution in [-0.2, 0) is 18.0 Å². The molecule has 2 aliphatic heterocycles. The predicted octanol–water partition coefficient (Wildman–Crippen LogP) is 0.352. The van der Waals surface area contributed by atoms with Gasteiger partial charge in [-0.1, -0.05) is 6.07 Å². The number of hydrogen-bond donors (Lipinski definition) is 2. The molecule has 0 aliphatic carbocycles. The number of nitrogens with one attached hydrogen (secondary N) is 2. The normalized spacial score (nSPS) is 18.8. The Morgan fingerprint density at radius 1 is 1.25 bits per heavy atom. The van der Waals surface area contributed by atoms with E-state index in [1.165, 1.54) is 5.56 Å². The van der Waals surface area contributed by atoms with Crippen LogP contribution >= 0.6 is 0 Å². The molecule has 108 valence electrons. The van der Waals surface area contributed by atoms with Crippen molar-refractivity contribution in [1.82, 2.24) is 15.5 Å². The van der Waals surface area contributed by atoms with Gasteiger partial charge in [0, 0.05) is 44.8 Å². The molecule has 0 spiro atoms. The summed E-state index contributed by atoms with van der Waals surface area (Å²) in [5.74, 6) is 0.00911. The molecule has 5 nitrogen and oxygen atoms in total. The minimum atomic E-state index is 0.00911. The lowest BCUT2D eigenvalue weighted by Crippen LogP contribution is -2.46. The lowest BCUT2D eigenvalue weighted by molar-refractivity contribution is 0.0947. The molecule has 20 heavy (non-hydrogen) atoms. The second-order valence-corrected chi connectivity index (χ2v) is 5.32. The van der Waals surface area contributed by atoms with E-state index in [1.807, 2.05) is 18.2 Å². The first-order valence-corrected chi connectivity index (χ1v) is 7.24. The van der Waals surface area contributed by atoms with Crippen molar-refractivity contribution in [2.45, 2.75) is 13.2 Å². The zero-order valence-corrected chi connectivity index (χ0v) is 11.7. The SMILES string of the molecule is O=C(NCCN1CCNCC1)c1ccc2c(c1)COC2. The van der Waals surface area contributed by atoms with Gasteiger partial charge >= 0.3 is 0 Å². The zero-order chi connectivity index (χ0) is 13.8. The van der Waals surface area contributed by atoms with Crippen molar-refractivity contribution in [3.8, 4) is 0 Å². The van der Waals surface area contributed by atoms with Crippen LogP contribution in [0.15, 0.2) is 18.2 Å². The molecule has 1 amide bonds. The van der Waals surface area contributed by atoms with Gasteiger partial charge in [0.25, 0.3) is 5.91 Å². The molecule has 2 N–H and O–H groups in total. The van der Waals surface area contributed by atoms with Crippen molar-refractivity contribution in [2.24, 2.45) is 0 Å². The van der Waals surface area contributed by atoms with Gasteiger partial charge in [0.1, 0.15) is 0 Å². The number of rotatable bonds is 4. The summed E-state index contributed by atoms with van der Waals surface area (Å²) in [5.41, 5.74) is 3.07. The van der Waals surface area contributed by atoms with Crippen LogP contribution in [0, 0.1) is 0 Å². The third-order valence-corrected chi connectivity index (χ3v) is 3.91. The topological polar surface area (TPSA) is 53.6 Å². The predicted molar refractivity (Wildman–Crippen MR) is 76.6 cm³/mol. The van der Waals surface area contributed by atoms with E-state index < -0.39 is 0 Å². The Labute approximate surface area is 119 Å². The number of fused-ring (bicyclic) bond motifs is 1. The Morgan fingerprint density at radius 2 is 2.05 bits per heavy atom. The number of nitrogens with zero attached hydrogens (tertiary/aromatic N) is 1. The molecule has 1 fully saturated rings. The first kappa shape index (κ1) is 13.5. The number of ether oxygens (including phenoxy) is 1. The fourth-order valence-corrected chi connectivity index (χ4v) is 2.68. The summed E-state index contributed by atoms with van der Waals surface area (Å²) < 4.78 is 5.37. The van der Waals surface area contributed by atoms with Crippen molar-refractivity contribution in [3.05, 3.63) is 34.9 Å². The number of hydrogen-bond acceptors (Lipinski definition) is 4. The third kappa shape index (κ3) is 3.17. The first-order valence-electron chi connectivity index (χ1n) is 7.24.